The molecule has 0 atom stereocenters. The third-order valence-corrected chi connectivity index (χ3v) is 3.69. The van der Waals surface area contributed by atoms with Crippen molar-refractivity contribution < 1.29 is 0 Å². The lowest BCUT2D eigenvalue weighted by molar-refractivity contribution is 0.191. The fraction of sp³-hybridized carbons (Fsp3) is 1.00. The average Bonchev–Trinajstić information content (AvgIpc) is 2.20. The zero-order valence-electron chi connectivity index (χ0n) is 8.68. The molecule has 0 unspecified atom stereocenters. The summed E-state index contributed by atoms with van der Waals surface area (Å²) >= 11 is 0. The minimum Gasteiger partial charge on any atom is -0.302 e. The summed E-state index contributed by atoms with van der Waals surface area (Å²) in [6.45, 7) is 4.68. The Morgan fingerprint density at radius 1 is 0.846 bits per heavy atom. The second kappa shape index (κ2) is 4.43. The average molecular weight is 182 g/mol. The van der Waals surface area contributed by atoms with E-state index in [0.29, 0.717) is 6.17 Å². The molecular weight excluding hydrogens is 160 g/mol. The first-order chi connectivity index (χ1) is 6.36. The van der Waals surface area contributed by atoms with Gasteiger partial charge in [-0.15, -0.1) is 0 Å². The topological polar surface area (TPSA) is 24.1 Å². The van der Waals surface area contributed by atoms with Crippen molar-refractivity contribution in [3.05, 3.63) is 0 Å². The molecule has 2 rings (SSSR count). The van der Waals surface area contributed by atoms with Crippen LogP contribution in [0.15, 0.2) is 0 Å². The highest BCUT2D eigenvalue weighted by molar-refractivity contribution is 4.81. The maximum atomic E-state index is 3.52. The summed E-state index contributed by atoms with van der Waals surface area (Å²) in [5, 5.41) is 7.04. The highest BCUT2D eigenvalue weighted by Gasteiger charge is 2.26. The molecule has 1 heterocycles. The molecule has 0 spiro atoms. The van der Waals surface area contributed by atoms with Crippen molar-refractivity contribution in [3.8, 4) is 0 Å². The van der Waals surface area contributed by atoms with Crippen molar-refractivity contribution in [1.82, 2.24) is 10.6 Å². The molecule has 0 radical (unpaired) electrons. The third-order valence-electron chi connectivity index (χ3n) is 3.69. The van der Waals surface area contributed by atoms with Crippen LogP contribution in [0.1, 0.15) is 39.0 Å². The first kappa shape index (κ1) is 9.47. The van der Waals surface area contributed by atoms with Gasteiger partial charge in [0.05, 0.1) is 6.17 Å². The highest BCUT2D eigenvalue weighted by atomic mass is 15.1. The van der Waals surface area contributed by atoms with E-state index in [-0.39, 0.29) is 0 Å². The number of hydrogen-bond donors (Lipinski definition) is 2. The van der Waals surface area contributed by atoms with Crippen LogP contribution in [0.2, 0.25) is 0 Å². The van der Waals surface area contributed by atoms with E-state index >= 15 is 0 Å². The van der Waals surface area contributed by atoms with Gasteiger partial charge in [0, 0.05) is 13.1 Å². The normalized spacial score (nSPS) is 37.6. The lowest BCUT2D eigenvalue weighted by atomic mass is 9.79. The van der Waals surface area contributed by atoms with Crippen molar-refractivity contribution in [2.24, 2.45) is 11.8 Å². The Bertz CT molecular complexity index is 144. The van der Waals surface area contributed by atoms with Crippen molar-refractivity contribution in [1.29, 1.82) is 0 Å². The second-order valence-electron chi connectivity index (χ2n) is 4.70. The van der Waals surface area contributed by atoms with Crippen LogP contribution in [0.4, 0.5) is 0 Å². The Morgan fingerprint density at radius 2 is 1.46 bits per heavy atom. The van der Waals surface area contributed by atoms with E-state index < -0.39 is 0 Å². The summed E-state index contributed by atoms with van der Waals surface area (Å²) in [5.41, 5.74) is 0. The molecule has 2 heteroatoms. The fourth-order valence-corrected chi connectivity index (χ4v) is 2.74. The van der Waals surface area contributed by atoms with Crippen molar-refractivity contribution in [3.63, 3.8) is 0 Å². The van der Waals surface area contributed by atoms with Gasteiger partial charge in [0.25, 0.3) is 0 Å². The highest BCUT2D eigenvalue weighted by Crippen LogP contribution is 2.30. The maximum Gasteiger partial charge on any atom is 0.0542 e. The van der Waals surface area contributed by atoms with E-state index in [1.165, 1.54) is 45.2 Å². The monoisotopic (exact) mass is 182 g/mol. The van der Waals surface area contributed by atoms with E-state index in [4.69, 9.17) is 0 Å². The summed E-state index contributed by atoms with van der Waals surface area (Å²) in [6.07, 6.45) is 7.89. The molecule has 0 aromatic rings. The van der Waals surface area contributed by atoms with Gasteiger partial charge in [-0.05, 0) is 18.8 Å². The van der Waals surface area contributed by atoms with Crippen molar-refractivity contribution >= 4 is 0 Å². The molecule has 2 aliphatic rings. The smallest absolute Gasteiger partial charge is 0.0542 e. The quantitative estimate of drug-likeness (QED) is 0.645. The second-order valence-corrected chi connectivity index (χ2v) is 4.70. The van der Waals surface area contributed by atoms with Gasteiger partial charge in [0.15, 0.2) is 0 Å². The van der Waals surface area contributed by atoms with E-state index in [9.17, 15) is 0 Å². The molecule has 2 N–H and O–H groups in total. The predicted octanol–water partition coefficient (Wildman–Crippen LogP) is 1.72. The van der Waals surface area contributed by atoms with Crippen LogP contribution in [0.25, 0.3) is 0 Å². The molecule has 0 aromatic carbocycles. The molecule has 1 aliphatic heterocycles. The standard InChI is InChI=1S/C11H22N2/c1-9-12-7-11(8-13-9)10-5-3-2-4-6-10/h9-13H,2-8H2,1H3. The van der Waals surface area contributed by atoms with Crippen molar-refractivity contribution in [2.45, 2.75) is 45.2 Å². The molecule has 0 amide bonds. The number of rotatable bonds is 1. The lowest BCUT2D eigenvalue weighted by Crippen LogP contribution is -2.52. The van der Waals surface area contributed by atoms with Crippen molar-refractivity contribution in [2.75, 3.05) is 13.1 Å². The van der Waals surface area contributed by atoms with Gasteiger partial charge in [0.2, 0.25) is 0 Å². The van der Waals surface area contributed by atoms with Gasteiger partial charge < -0.3 is 10.6 Å². The summed E-state index contributed by atoms with van der Waals surface area (Å²) in [5.74, 6) is 1.90. The zero-order chi connectivity index (χ0) is 9.10. The van der Waals surface area contributed by atoms with Crippen LogP contribution >= 0.6 is 0 Å². The fourth-order valence-electron chi connectivity index (χ4n) is 2.74. The molecule has 0 bridgehead atoms. The summed E-state index contributed by atoms with van der Waals surface area (Å²) in [4.78, 5) is 0. The van der Waals surface area contributed by atoms with E-state index in [2.05, 4.69) is 17.6 Å². The SMILES string of the molecule is CC1NCC(C2CCCCC2)CN1. The Hall–Kier alpha value is -0.0800. The van der Waals surface area contributed by atoms with Gasteiger partial charge in [-0.25, -0.2) is 0 Å². The molecular formula is C11H22N2. The third kappa shape index (κ3) is 2.44. The molecule has 1 saturated heterocycles. The Morgan fingerprint density at radius 3 is 2.08 bits per heavy atom. The molecule has 2 nitrogen and oxygen atoms in total. The lowest BCUT2D eigenvalue weighted by Gasteiger charge is -2.36. The Labute approximate surface area is 81.5 Å². The van der Waals surface area contributed by atoms with Gasteiger partial charge in [-0.2, -0.15) is 0 Å². The van der Waals surface area contributed by atoms with Gasteiger partial charge in [-0.3, -0.25) is 0 Å². The molecule has 0 aromatic heterocycles. The molecule has 1 aliphatic carbocycles. The first-order valence-corrected chi connectivity index (χ1v) is 5.83. The summed E-state index contributed by atoms with van der Waals surface area (Å²) < 4.78 is 0. The largest absolute Gasteiger partial charge is 0.302 e. The van der Waals surface area contributed by atoms with Gasteiger partial charge >= 0.3 is 0 Å². The molecule has 13 heavy (non-hydrogen) atoms. The predicted molar refractivity (Wildman–Crippen MR) is 55.5 cm³/mol. The van der Waals surface area contributed by atoms with Crippen LogP contribution in [-0.4, -0.2) is 19.3 Å². The zero-order valence-corrected chi connectivity index (χ0v) is 8.68. The summed E-state index contributed by atoms with van der Waals surface area (Å²) in [7, 11) is 0. The van der Waals surface area contributed by atoms with Gasteiger partial charge in [0.1, 0.15) is 0 Å². The first-order valence-electron chi connectivity index (χ1n) is 5.83. The van der Waals surface area contributed by atoms with Crippen LogP contribution in [0.3, 0.4) is 0 Å². The van der Waals surface area contributed by atoms with Gasteiger partial charge in [-0.1, -0.05) is 32.1 Å². The van der Waals surface area contributed by atoms with E-state index in [1.54, 1.807) is 0 Å². The Balaban J connectivity index is 1.79. The van der Waals surface area contributed by atoms with E-state index in [0.717, 1.165) is 11.8 Å². The van der Waals surface area contributed by atoms with E-state index in [1.807, 2.05) is 0 Å². The maximum absolute atomic E-state index is 3.52. The summed E-state index contributed by atoms with van der Waals surface area (Å²) in [6, 6.07) is 0. The van der Waals surface area contributed by atoms with Crippen LogP contribution in [-0.2, 0) is 0 Å². The van der Waals surface area contributed by atoms with Crippen LogP contribution in [0, 0.1) is 11.8 Å². The number of nitrogens with one attached hydrogen (secondary N) is 2. The molecule has 1 saturated carbocycles. The number of hydrogen-bond acceptors (Lipinski definition) is 2. The Kier molecular flexibility index (Phi) is 3.23. The molecule has 2 fully saturated rings. The minimum absolute atomic E-state index is 0.528. The van der Waals surface area contributed by atoms with Crippen LogP contribution in [0.5, 0.6) is 0 Å². The molecule has 76 valence electrons. The van der Waals surface area contributed by atoms with Crippen LogP contribution < -0.4 is 10.6 Å². The minimum atomic E-state index is 0.528.